The molecule has 1 aromatic carbocycles. The summed E-state index contributed by atoms with van der Waals surface area (Å²) in [5, 5.41) is 14.4. The Morgan fingerprint density at radius 3 is 3.00 bits per heavy atom. The molecular formula is C18H26N6O. The molecule has 0 spiro atoms. The lowest BCUT2D eigenvalue weighted by Crippen LogP contribution is -2.42. The van der Waals surface area contributed by atoms with Crippen LogP contribution in [0.25, 0.3) is 0 Å². The number of piperidine rings is 1. The number of likely N-dealkylation sites (tertiary alicyclic amines) is 1. The van der Waals surface area contributed by atoms with Gasteiger partial charge in [-0.15, -0.1) is 0 Å². The van der Waals surface area contributed by atoms with Gasteiger partial charge in [0.1, 0.15) is 0 Å². The Balaban J connectivity index is 1.64. The van der Waals surface area contributed by atoms with E-state index in [1.54, 1.807) is 4.68 Å². The molecule has 3 rings (SSSR count). The summed E-state index contributed by atoms with van der Waals surface area (Å²) in [5.74, 6) is 0.813. The molecule has 1 aromatic heterocycles. The summed E-state index contributed by atoms with van der Waals surface area (Å²) in [7, 11) is 0. The van der Waals surface area contributed by atoms with E-state index < -0.39 is 0 Å². The standard InChI is InChI=1S/C18H26N6O/c1-3-4-12-24-17(20-21-22-24)19-18(25)23-11-7-9-15(13-23)16-10-6-5-8-14(16)2/h5-6,8,10,15H,3-4,7,9,11-13H2,1-2H3,(H,19,20,22,25)/t15-/m1/s1. The molecule has 25 heavy (non-hydrogen) atoms. The topological polar surface area (TPSA) is 75.9 Å². The van der Waals surface area contributed by atoms with E-state index >= 15 is 0 Å². The number of aromatic nitrogens is 4. The monoisotopic (exact) mass is 342 g/mol. The summed E-state index contributed by atoms with van der Waals surface area (Å²) in [4.78, 5) is 14.5. The van der Waals surface area contributed by atoms with Crippen LogP contribution < -0.4 is 5.32 Å². The third-order valence-electron chi connectivity index (χ3n) is 4.81. The molecule has 134 valence electrons. The summed E-state index contributed by atoms with van der Waals surface area (Å²) in [5.41, 5.74) is 2.63. The van der Waals surface area contributed by atoms with Crippen molar-refractivity contribution in [3.63, 3.8) is 0 Å². The fourth-order valence-electron chi connectivity index (χ4n) is 3.39. The lowest BCUT2D eigenvalue weighted by atomic mass is 9.88. The molecule has 0 saturated carbocycles. The number of benzene rings is 1. The molecule has 2 amide bonds. The van der Waals surface area contributed by atoms with Gasteiger partial charge in [0.15, 0.2) is 0 Å². The van der Waals surface area contributed by atoms with E-state index in [4.69, 9.17) is 0 Å². The van der Waals surface area contributed by atoms with Crippen molar-refractivity contribution < 1.29 is 4.79 Å². The van der Waals surface area contributed by atoms with Gasteiger partial charge in [-0.1, -0.05) is 42.7 Å². The molecule has 7 heteroatoms. The summed E-state index contributed by atoms with van der Waals surface area (Å²) < 4.78 is 1.66. The van der Waals surface area contributed by atoms with Crippen LogP contribution >= 0.6 is 0 Å². The zero-order valence-electron chi connectivity index (χ0n) is 15.0. The second kappa shape index (κ2) is 8.09. The van der Waals surface area contributed by atoms with Crippen LogP contribution in [-0.2, 0) is 6.54 Å². The minimum Gasteiger partial charge on any atom is -0.324 e. The molecule has 0 bridgehead atoms. The van der Waals surface area contributed by atoms with E-state index in [0.29, 0.717) is 18.4 Å². The predicted octanol–water partition coefficient (Wildman–Crippen LogP) is 3.19. The maximum absolute atomic E-state index is 12.7. The van der Waals surface area contributed by atoms with Crippen LogP contribution in [0.1, 0.15) is 49.7 Å². The third kappa shape index (κ3) is 4.15. The number of nitrogens with zero attached hydrogens (tertiary/aromatic N) is 5. The van der Waals surface area contributed by atoms with Gasteiger partial charge in [0, 0.05) is 25.6 Å². The van der Waals surface area contributed by atoms with E-state index in [0.717, 1.165) is 38.8 Å². The number of aryl methyl sites for hydroxylation is 2. The smallest absolute Gasteiger partial charge is 0.324 e. The number of nitrogens with one attached hydrogen (secondary N) is 1. The normalized spacial score (nSPS) is 17.5. The summed E-state index contributed by atoms with van der Waals surface area (Å²) in [6, 6.07) is 8.32. The van der Waals surface area contributed by atoms with Gasteiger partial charge in [0.05, 0.1) is 0 Å². The first-order valence-electron chi connectivity index (χ1n) is 9.06. The third-order valence-corrected chi connectivity index (χ3v) is 4.81. The molecule has 0 radical (unpaired) electrons. The van der Waals surface area contributed by atoms with Gasteiger partial charge in [-0.05, 0) is 47.7 Å². The van der Waals surface area contributed by atoms with Crippen LogP contribution in [0.4, 0.5) is 10.7 Å². The highest BCUT2D eigenvalue weighted by Crippen LogP contribution is 2.29. The van der Waals surface area contributed by atoms with Crippen molar-refractivity contribution in [1.82, 2.24) is 25.1 Å². The number of anilines is 1. The van der Waals surface area contributed by atoms with Gasteiger partial charge in [-0.2, -0.15) is 0 Å². The molecule has 0 aliphatic carbocycles. The van der Waals surface area contributed by atoms with Gasteiger partial charge in [0.2, 0.25) is 0 Å². The number of amides is 2. The number of hydrogen-bond donors (Lipinski definition) is 1. The summed E-state index contributed by atoms with van der Waals surface area (Å²) in [6.07, 6.45) is 4.15. The second-order valence-electron chi connectivity index (χ2n) is 6.65. The highest BCUT2D eigenvalue weighted by atomic mass is 16.2. The number of hydrogen-bond acceptors (Lipinski definition) is 4. The zero-order chi connectivity index (χ0) is 17.6. The van der Waals surface area contributed by atoms with Crippen molar-refractivity contribution in [2.24, 2.45) is 0 Å². The summed E-state index contributed by atoms with van der Waals surface area (Å²) >= 11 is 0. The van der Waals surface area contributed by atoms with E-state index in [-0.39, 0.29) is 6.03 Å². The van der Waals surface area contributed by atoms with Gasteiger partial charge >= 0.3 is 6.03 Å². The second-order valence-corrected chi connectivity index (χ2v) is 6.65. The fraction of sp³-hybridized carbons (Fsp3) is 0.556. The molecular weight excluding hydrogens is 316 g/mol. The highest BCUT2D eigenvalue weighted by Gasteiger charge is 2.26. The minimum atomic E-state index is -0.120. The molecule has 1 atom stereocenters. The zero-order valence-corrected chi connectivity index (χ0v) is 15.0. The average molecular weight is 342 g/mol. The molecule has 2 heterocycles. The van der Waals surface area contributed by atoms with E-state index in [1.807, 2.05) is 4.90 Å². The Kier molecular flexibility index (Phi) is 5.63. The Labute approximate surface area is 148 Å². The van der Waals surface area contributed by atoms with E-state index in [1.165, 1.54) is 11.1 Å². The molecule has 7 nitrogen and oxygen atoms in total. The van der Waals surface area contributed by atoms with Crippen molar-refractivity contribution in [1.29, 1.82) is 0 Å². The number of carbonyl (C=O) groups is 1. The molecule has 1 N–H and O–H groups in total. The Hall–Kier alpha value is -2.44. The van der Waals surface area contributed by atoms with Crippen molar-refractivity contribution in [3.05, 3.63) is 35.4 Å². The van der Waals surface area contributed by atoms with Gasteiger partial charge in [-0.25, -0.2) is 9.48 Å². The summed E-state index contributed by atoms with van der Waals surface area (Å²) in [6.45, 7) is 6.46. The highest BCUT2D eigenvalue weighted by molar-refractivity contribution is 5.87. The van der Waals surface area contributed by atoms with Gasteiger partial charge in [-0.3, -0.25) is 5.32 Å². The Bertz CT molecular complexity index is 713. The first-order chi connectivity index (χ1) is 12.2. The number of rotatable bonds is 5. The minimum absolute atomic E-state index is 0.120. The SMILES string of the molecule is CCCCn1nnnc1NC(=O)N1CCC[C@@H](c2ccccc2C)C1. The van der Waals surface area contributed by atoms with Gasteiger partial charge in [0.25, 0.3) is 5.95 Å². The van der Waals surface area contributed by atoms with Crippen molar-refractivity contribution in [2.75, 3.05) is 18.4 Å². The molecule has 1 saturated heterocycles. The number of carbonyl (C=O) groups excluding carboxylic acids is 1. The maximum atomic E-state index is 12.7. The van der Waals surface area contributed by atoms with Crippen molar-refractivity contribution >= 4 is 12.0 Å². The number of urea groups is 1. The van der Waals surface area contributed by atoms with E-state index in [2.05, 4.69) is 59.0 Å². The Morgan fingerprint density at radius 2 is 2.20 bits per heavy atom. The predicted molar refractivity (Wildman–Crippen MR) is 96.5 cm³/mol. The lowest BCUT2D eigenvalue weighted by Gasteiger charge is -2.33. The molecule has 1 fully saturated rings. The molecule has 1 aliphatic heterocycles. The van der Waals surface area contributed by atoms with Gasteiger partial charge < -0.3 is 4.90 Å². The molecule has 2 aromatic rings. The first-order valence-corrected chi connectivity index (χ1v) is 9.06. The van der Waals surface area contributed by atoms with Crippen LogP contribution in [0.15, 0.2) is 24.3 Å². The Morgan fingerprint density at radius 1 is 1.36 bits per heavy atom. The van der Waals surface area contributed by atoms with Crippen LogP contribution in [0, 0.1) is 6.92 Å². The largest absolute Gasteiger partial charge is 0.324 e. The van der Waals surface area contributed by atoms with Crippen molar-refractivity contribution in [3.8, 4) is 0 Å². The fourth-order valence-corrected chi connectivity index (χ4v) is 3.39. The number of unbranched alkanes of at least 4 members (excludes halogenated alkanes) is 1. The van der Waals surface area contributed by atoms with Crippen LogP contribution in [0.3, 0.4) is 0 Å². The molecule has 1 aliphatic rings. The van der Waals surface area contributed by atoms with E-state index in [9.17, 15) is 4.79 Å². The lowest BCUT2D eigenvalue weighted by molar-refractivity contribution is 0.192. The maximum Gasteiger partial charge on any atom is 0.324 e. The van der Waals surface area contributed by atoms with Crippen molar-refractivity contribution in [2.45, 2.75) is 52.0 Å². The number of tetrazole rings is 1. The average Bonchev–Trinajstić information content (AvgIpc) is 3.07. The van der Waals surface area contributed by atoms with Crippen LogP contribution in [0.5, 0.6) is 0 Å². The first kappa shape index (κ1) is 17.4. The quantitative estimate of drug-likeness (QED) is 0.905. The molecule has 0 unspecified atom stereocenters. The van der Waals surface area contributed by atoms with Crippen LogP contribution in [0.2, 0.25) is 0 Å². The van der Waals surface area contributed by atoms with Crippen LogP contribution in [-0.4, -0.2) is 44.2 Å².